The fraction of sp³-hybridized carbons (Fsp3) is 0.984. The van der Waals surface area contributed by atoms with Gasteiger partial charge in [-0.15, -0.1) is 0 Å². The standard InChI is InChI=1S/C62H123NO9/c1-3-5-7-9-11-13-15-17-19-20-21-22-23-24-25-26-27-28-29-30-31-32-33-34-35-37-39-41-43-45-47-49-51-57(66)63-54(53-71-62-61(70)60(69)59(68)56(52-64)72-62)58(67)55(65)50-48-46-44-42-40-38-36-18-16-14-12-10-8-6-4-2/h54-56,58-62,64-65,67-70H,3-53H2,1-2H3,(H,63,66)/t54-,55+,56+,58-,59-,60?,61?,62+/m0/s1. The van der Waals surface area contributed by atoms with E-state index in [2.05, 4.69) is 19.2 Å². The summed E-state index contributed by atoms with van der Waals surface area (Å²) in [6, 6.07) is -0.987. The van der Waals surface area contributed by atoms with E-state index < -0.39 is 55.6 Å². The number of ether oxygens (including phenoxy) is 2. The minimum atomic E-state index is -1.60. The van der Waals surface area contributed by atoms with Crippen molar-refractivity contribution in [1.82, 2.24) is 5.32 Å². The Morgan fingerprint density at radius 1 is 0.431 bits per heavy atom. The van der Waals surface area contributed by atoms with Gasteiger partial charge in [0.15, 0.2) is 6.29 Å². The van der Waals surface area contributed by atoms with Crippen LogP contribution in [0.2, 0.25) is 0 Å². The second-order valence-corrected chi connectivity index (χ2v) is 22.7. The Kier molecular flexibility index (Phi) is 50.2. The van der Waals surface area contributed by atoms with Crippen LogP contribution in [0.1, 0.15) is 328 Å². The van der Waals surface area contributed by atoms with Gasteiger partial charge in [-0.3, -0.25) is 4.79 Å². The summed E-state index contributed by atoms with van der Waals surface area (Å²) in [5, 5.41) is 65.6. The summed E-state index contributed by atoms with van der Waals surface area (Å²) in [4.78, 5) is 13.1. The van der Waals surface area contributed by atoms with Crippen LogP contribution in [0.5, 0.6) is 0 Å². The predicted molar refractivity (Wildman–Crippen MR) is 301 cm³/mol. The van der Waals surface area contributed by atoms with E-state index >= 15 is 0 Å². The van der Waals surface area contributed by atoms with Crippen LogP contribution >= 0.6 is 0 Å². The first kappa shape index (κ1) is 69.2. The van der Waals surface area contributed by atoms with E-state index in [0.29, 0.717) is 6.42 Å². The summed E-state index contributed by atoms with van der Waals surface area (Å²) in [7, 11) is 0. The largest absolute Gasteiger partial charge is 0.394 e. The fourth-order valence-electron chi connectivity index (χ4n) is 10.7. The van der Waals surface area contributed by atoms with Gasteiger partial charge >= 0.3 is 0 Å². The molecule has 10 nitrogen and oxygen atoms in total. The topological polar surface area (TPSA) is 169 Å². The second-order valence-electron chi connectivity index (χ2n) is 22.7. The predicted octanol–water partition coefficient (Wildman–Crippen LogP) is 15.2. The maximum Gasteiger partial charge on any atom is 0.220 e. The van der Waals surface area contributed by atoms with Crippen LogP contribution < -0.4 is 5.32 Å². The lowest BCUT2D eigenvalue weighted by Crippen LogP contribution is -2.60. The average Bonchev–Trinajstić information content (AvgIpc) is 3.38. The van der Waals surface area contributed by atoms with Gasteiger partial charge in [0.05, 0.1) is 25.4 Å². The van der Waals surface area contributed by atoms with Gasteiger partial charge < -0.3 is 45.4 Å². The molecule has 7 N–H and O–H groups in total. The van der Waals surface area contributed by atoms with Crippen molar-refractivity contribution in [2.75, 3.05) is 13.2 Å². The van der Waals surface area contributed by atoms with Gasteiger partial charge in [-0.2, -0.15) is 0 Å². The number of aliphatic hydroxyl groups excluding tert-OH is 6. The molecule has 0 bridgehead atoms. The quantitative estimate of drug-likeness (QED) is 0.0293. The molecule has 1 fully saturated rings. The van der Waals surface area contributed by atoms with Crippen LogP contribution in [0.25, 0.3) is 0 Å². The average molecular weight is 1030 g/mol. The van der Waals surface area contributed by atoms with Crippen molar-refractivity contribution >= 4 is 5.91 Å². The number of amides is 1. The minimum Gasteiger partial charge on any atom is -0.394 e. The van der Waals surface area contributed by atoms with Crippen molar-refractivity contribution < 1.29 is 44.9 Å². The lowest BCUT2D eigenvalue weighted by molar-refractivity contribution is -0.303. The zero-order valence-electron chi connectivity index (χ0n) is 47.6. The van der Waals surface area contributed by atoms with Crippen LogP contribution in [0.3, 0.4) is 0 Å². The number of nitrogens with one attached hydrogen (secondary N) is 1. The molecule has 0 saturated carbocycles. The van der Waals surface area contributed by atoms with Gasteiger partial charge in [0, 0.05) is 6.42 Å². The number of carbonyl (C=O) groups excluding carboxylic acids is 1. The molecule has 0 aromatic rings. The van der Waals surface area contributed by atoms with Crippen LogP contribution in [0.15, 0.2) is 0 Å². The van der Waals surface area contributed by atoms with Crippen molar-refractivity contribution in [2.45, 2.75) is 377 Å². The highest BCUT2D eigenvalue weighted by atomic mass is 16.7. The Labute approximate surface area is 445 Å². The third kappa shape index (κ3) is 40.4. The zero-order chi connectivity index (χ0) is 52.4. The number of unbranched alkanes of at least 4 members (excludes halogenated alkanes) is 45. The molecule has 0 radical (unpaired) electrons. The van der Waals surface area contributed by atoms with E-state index in [1.54, 1.807) is 0 Å². The summed E-state index contributed by atoms with van der Waals surface area (Å²) in [6.07, 6.45) is 52.9. The first-order valence-electron chi connectivity index (χ1n) is 31.8. The zero-order valence-corrected chi connectivity index (χ0v) is 47.6. The van der Waals surface area contributed by atoms with Gasteiger partial charge in [-0.05, 0) is 12.8 Å². The summed E-state index contributed by atoms with van der Waals surface area (Å²) in [5.74, 6) is -0.249. The van der Waals surface area contributed by atoms with Gasteiger partial charge in [0.1, 0.15) is 30.5 Å². The van der Waals surface area contributed by atoms with Crippen LogP contribution in [0.4, 0.5) is 0 Å². The third-order valence-corrected chi connectivity index (χ3v) is 15.8. The molecule has 1 rings (SSSR count). The molecule has 10 heteroatoms. The van der Waals surface area contributed by atoms with Gasteiger partial charge in [-0.25, -0.2) is 0 Å². The monoisotopic (exact) mass is 1030 g/mol. The SMILES string of the molecule is CCCCCCCCCCCCCCCCCCCCCCCCCCCCCCCCCCC(=O)N[C@@H](CO[C@@H]1O[C@H](CO)[C@H](O)C(O)C1O)[C@H](O)[C@H](O)CCCCCCCCCCCCCCCCC. The molecule has 0 aromatic carbocycles. The molecule has 1 saturated heterocycles. The normalized spacial score (nSPS) is 19.5. The Balaban J connectivity index is 2.12. The van der Waals surface area contributed by atoms with Gasteiger partial charge in [0.25, 0.3) is 0 Å². The number of rotatable bonds is 56. The highest BCUT2D eigenvalue weighted by molar-refractivity contribution is 5.76. The van der Waals surface area contributed by atoms with Crippen molar-refractivity contribution in [3.05, 3.63) is 0 Å². The maximum atomic E-state index is 13.1. The Morgan fingerprint density at radius 3 is 1.03 bits per heavy atom. The minimum absolute atomic E-state index is 0.249. The smallest absolute Gasteiger partial charge is 0.220 e. The highest BCUT2D eigenvalue weighted by Gasteiger charge is 2.44. The molecule has 0 aromatic heterocycles. The highest BCUT2D eigenvalue weighted by Crippen LogP contribution is 2.24. The first-order valence-corrected chi connectivity index (χ1v) is 31.8. The maximum absolute atomic E-state index is 13.1. The molecular weight excluding hydrogens is 903 g/mol. The van der Waals surface area contributed by atoms with Crippen molar-refractivity contribution in [3.63, 3.8) is 0 Å². The van der Waals surface area contributed by atoms with Gasteiger partial charge in [-0.1, -0.05) is 309 Å². The molecule has 1 amide bonds. The van der Waals surface area contributed by atoms with E-state index in [4.69, 9.17) is 9.47 Å². The van der Waals surface area contributed by atoms with E-state index in [1.165, 1.54) is 263 Å². The number of aliphatic hydroxyl groups is 6. The van der Waals surface area contributed by atoms with Crippen LogP contribution in [0, 0.1) is 0 Å². The summed E-state index contributed by atoms with van der Waals surface area (Å²) >= 11 is 0. The van der Waals surface area contributed by atoms with Crippen LogP contribution in [-0.4, -0.2) is 98.7 Å². The molecule has 2 unspecified atom stereocenters. The Morgan fingerprint density at radius 2 is 0.722 bits per heavy atom. The molecule has 430 valence electrons. The third-order valence-electron chi connectivity index (χ3n) is 15.8. The molecule has 0 spiro atoms. The fourth-order valence-corrected chi connectivity index (χ4v) is 10.7. The Hall–Kier alpha value is -0.850. The van der Waals surface area contributed by atoms with E-state index in [0.717, 1.165) is 38.5 Å². The van der Waals surface area contributed by atoms with E-state index in [1.807, 2.05) is 0 Å². The number of hydrogen-bond donors (Lipinski definition) is 7. The van der Waals surface area contributed by atoms with Crippen molar-refractivity contribution in [2.24, 2.45) is 0 Å². The first-order chi connectivity index (χ1) is 35.3. The number of carbonyl (C=O) groups is 1. The lowest BCUT2D eigenvalue weighted by Gasteiger charge is -2.40. The Bertz CT molecular complexity index is 1110. The van der Waals surface area contributed by atoms with Crippen molar-refractivity contribution in [3.8, 4) is 0 Å². The summed E-state index contributed by atoms with van der Waals surface area (Å²) in [5.41, 5.74) is 0. The molecule has 1 heterocycles. The molecule has 0 aliphatic carbocycles. The van der Waals surface area contributed by atoms with E-state index in [-0.39, 0.29) is 18.9 Å². The molecule has 1 aliphatic rings. The summed E-state index contributed by atoms with van der Waals surface area (Å²) < 4.78 is 11.2. The summed E-state index contributed by atoms with van der Waals surface area (Å²) in [6.45, 7) is 3.66. The van der Waals surface area contributed by atoms with E-state index in [9.17, 15) is 35.4 Å². The second kappa shape index (κ2) is 52.2. The van der Waals surface area contributed by atoms with Gasteiger partial charge in [0.2, 0.25) is 5.91 Å². The molecular formula is C62H123NO9. The number of hydrogen-bond acceptors (Lipinski definition) is 9. The lowest BCUT2D eigenvalue weighted by atomic mass is 9.98. The molecule has 1 aliphatic heterocycles. The van der Waals surface area contributed by atoms with Crippen LogP contribution in [-0.2, 0) is 14.3 Å². The van der Waals surface area contributed by atoms with Crippen molar-refractivity contribution in [1.29, 1.82) is 0 Å². The molecule has 8 atom stereocenters. The molecule has 72 heavy (non-hydrogen) atoms.